The van der Waals surface area contributed by atoms with Crippen LogP contribution in [0.4, 0.5) is 5.69 Å². The lowest BCUT2D eigenvalue weighted by molar-refractivity contribution is -0.137. The van der Waals surface area contributed by atoms with E-state index in [1.165, 1.54) is 24.1 Å². The first-order valence-corrected chi connectivity index (χ1v) is 11.9. The Kier molecular flexibility index (Phi) is 7.55. The summed E-state index contributed by atoms with van der Waals surface area (Å²) in [5.74, 6) is -0.180. The molecule has 2 N–H and O–H groups in total. The fourth-order valence-corrected chi connectivity index (χ4v) is 4.41. The number of ether oxygens (including phenoxy) is 3. The van der Waals surface area contributed by atoms with Gasteiger partial charge in [0.05, 0.1) is 36.4 Å². The van der Waals surface area contributed by atoms with E-state index in [-0.39, 0.29) is 11.5 Å². The monoisotopic (exact) mass is 507 g/mol. The van der Waals surface area contributed by atoms with Gasteiger partial charge in [-0.15, -0.1) is 11.3 Å². The Morgan fingerprint density at radius 3 is 2.42 bits per heavy atom. The van der Waals surface area contributed by atoms with E-state index in [1.54, 1.807) is 43.8 Å². The van der Waals surface area contributed by atoms with Crippen molar-refractivity contribution < 1.29 is 28.6 Å². The number of carbonyl (C=O) groups is 3. The molecule has 1 aliphatic heterocycles. The summed E-state index contributed by atoms with van der Waals surface area (Å²) in [4.78, 5) is 37.8. The van der Waals surface area contributed by atoms with Gasteiger partial charge in [-0.05, 0) is 59.5 Å². The minimum Gasteiger partial charge on any atom is -0.493 e. The number of anilines is 1. The lowest BCUT2D eigenvalue weighted by atomic mass is 10.0. The summed E-state index contributed by atoms with van der Waals surface area (Å²) in [6.07, 6.45) is 1.94. The Morgan fingerprint density at radius 2 is 1.78 bits per heavy atom. The van der Waals surface area contributed by atoms with Crippen molar-refractivity contribution in [2.24, 2.45) is 0 Å². The van der Waals surface area contributed by atoms with Gasteiger partial charge in [-0.2, -0.15) is 0 Å². The smallest absolute Gasteiger partial charge is 0.338 e. The maximum Gasteiger partial charge on any atom is 0.338 e. The molecule has 1 atom stereocenters. The molecule has 2 heterocycles. The molecule has 1 aromatic heterocycles. The van der Waals surface area contributed by atoms with Gasteiger partial charge in [0.25, 0.3) is 5.91 Å². The first-order valence-electron chi connectivity index (χ1n) is 11.0. The largest absolute Gasteiger partial charge is 0.493 e. The molecule has 0 unspecified atom stereocenters. The van der Waals surface area contributed by atoms with Crippen LogP contribution in [-0.2, 0) is 14.3 Å². The van der Waals surface area contributed by atoms with Crippen LogP contribution in [0.3, 0.4) is 0 Å². The minimum atomic E-state index is -0.647. The Labute approximate surface area is 212 Å². The van der Waals surface area contributed by atoms with Crippen LogP contribution in [0.1, 0.15) is 33.8 Å². The number of hydrazine groups is 1. The molecule has 186 valence electrons. The molecule has 0 saturated carbocycles. The molecule has 9 nitrogen and oxygen atoms in total. The summed E-state index contributed by atoms with van der Waals surface area (Å²) in [7, 11) is 3.10. The second kappa shape index (κ2) is 11.0. The number of benzene rings is 2. The van der Waals surface area contributed by atoms with Gasteiger partial charge in [0, 0.05) is 12.6 Å². The van der Waals surface area contributed by atoms with Crippen LogP contribution in [0.25, 0.3) is 5.70 Å². The number of esters is 1. The number of rotatable bonds is 8. The van der Waals surface area contributed by atoms with E-state index in [0.717, 1.165) is 16.1 Å². The maximum absolute atomic E-state index is 13.2. The van der Waals surface area contributed by atoms with Crippen LogP contribution in [0.2, 0.25) is 0 Å². The second-order valence-electron chi connectivity index (χ2n) is 7.83. The van der Waals surface area contributed by atoms with E-state index in [4.69, 9.17) is 14.2 Å². The first kappa shape index (κ1) is 24.8. The Balaban J connectivity index is 1.50. The van der Waals surface area contributed by atoms with E-state index in [9.17, 15) is 14.4 Å². The molecular weight excluding hydrogens is 482 g/mol. The van der Waals surface area contributed by atoms with Gasteiger partial charge < -0.3 is 19.5 Å². The van der Waals surface area contributed by atoms with Gasteiger partial charge in [-0.3, -0.25) is 15.0 Å². The summed E-state index contributed by atoms with van der Waals surface area (Å²) < 4.78 is 16.0. The Bertz CT molecular complexity index is 1290. The van der Waals surface area contributed by atoms with E-state index >= 15 is 0 Å². The lowest BCUT2D eigenvalue weighted by Crippen LogP contribution is -2.42. The number of carbonyl (C=O) groups excluding carboxylic acids is 3. The van der Waals surface area contributed by atoms with Crippen LogP contribution in [0, 0.1) is 0 Å². The molecule has 0 fully saturated rings. The Hall–Kier alpha value is -4.31. The average molecular weight is 508 g/mol. The third kappa shape index (κ3) is 5.49. The van der Waals surface area contributed by atoms with Gasteiger partial charge in [0.15, 0.2) is 18.1 Å². The summed E-state index contributed by atoms with van der Waals surface area (Å²) in [5.41, 5.74) is 5.54. The van der Waals surface area contributed by atoms with Crippen molar-refractivity contribution in [1.82, 2.24) is 10.4 Å². The van der Waals surface area contributed by atoms with Crippen LogP contribution in [-0.4, -0.2) is 43.6 Å². The standard InChI is InChI=1S/C26H25N3O6S/c1-16(30)27-19-9-6-17(7-10-19)26(32)35-15-25(31)29-21(14-20(28-29)24-5-4-12-36-24)18-8-11-22(33-2)23(13-18)34-3/h4-14,21,28H,15H2,1-3H3,(H,27,30)/t21-/m1/s1. The predicted molar refractivity (Wildman–Crippen MR) is 136 cm³/mol. The first-order chi connectivity index (χ1) is 17.4. The molecule has 2 aromatic carbocycles. The van der Waals surface area contributed by atoms with Crippen LogP contribution in [0.15, 0.2) is 66.1 Å². The number of nitrogens with one attached hydrogen (secondary N) is 2. The third-order valence-corrected chi connectivity index (χ3v) is 6.32. The number of hydrogen-bond donors (Lipinski definition) is 2. The summed E-state index contributed by atoms with van der Waals surface area (Å²) in [6, 6.07) is 15.1. The molecule has 0 saturated heterocycles. The molecule has 0 aliphatic carbocycles. The number of methoxy groups -OCH3 is 2. The van der Waals surface area contributed by atoms with Crippen molar-refractivity contribution in [3.05, 3.63) is 82.1 Å². The van der Waals surface area contributed by atoms with Gasteiger partial charge >= 0.3 is 5.97 Å². The van der Waals surface area contributed by atoms with Gasteiger partial charge in [0.2, 0.25) is 5.91 Å². The number of hydrogen-bond acceptors (Lipinski definition) is 8. The fraction of sp³-hybridized carbons (Fsp3) is 0.192. The quantitative estimate of drug-likeness (QED) is 0.444. The summed E-state index contributed by atoms with van der Waals surface area (Å²) in [6.45, 7) is 0.933. The zero-order valence-electron chi connectivity index (χ0n) is 19.9. The minimum absolute atomic E-state index is 0.214. The molecule has 0 bridgehead atoms. The van der Waals surface area contributed by atoms with Crippen molar-refractivity contribution >= 4 is 40.5 Å². The van der Waals surface area contributed by atoms with Crippen molar-refractivity contribution in [2.45, 2.75) is 13.0 Å². The van der Waals surface area contributed by atoms with Crippen molar-refractivity contribution in [2.75, 3.05) is 26.1 Å². The predicted octanol–water partition coefficient (Wildman–Crippen LogP) is 4.01. The van der Waals surface area contributed by atoms with Gasteiger partial charge in [-0.1, -0.05) is 12.1 Å². The van der Waals surface area contributed by atoms with E-state index < -0.39 is 24.5 Å². The normalized spacial score (nSPS) is 14.5. The highest BCUT2D eigenvalue weighted by atomic mass is 32.1. The molecule has 36 heavy (non-hydrogen) atoms. The van der Waals surface area contributed by atoms with Crippen LogP contribution >= 0.6 is 11.3 Å². The van der Waals surface area contributed by atoms with Crippen molar-refractivity contribution in [1.29, 1.82) is 0 Å². The zero-order chi connectivity index (χ0) is 25.7. The SMILES string of the molecule is COc1ccc([C@H]2C=C(c3cccs3)NN2C(=O)COC(=O)c2ccc(NC(C)=O)cc2)cc1OC. The molecule has 4 rings (SSSR count). The average Bonchev–Trinajstić information content (AvgIpc) is 3.57. The lowest BCUT2D eigenvalue weighted by Gasteiger charge is -2.25. The third-order valence-electron chi connectivity index (χ3n) is 5.42. The fourth-order valence-electron chi connectivity index (χ4n) is 3.71. The van der Waals surface area contributed by atoms with Crippen molar-refractivity contribution in [3.63, 3.8) is 0 Å². The van der Waals surface area contributed by atoms with Gasteiger partial charge in [-0.25, -0.2) is 9.80 Å². The van der Waals surface area contributed by atoms with E-state index in [1.807, 2.05) is 35.7 Å². The van der Waals surface area contributed by atoms with Crippen LogP contribution in [0.5, 0.6) is 11.5 Å². The molecule has 10 heteroatoms. The molecule has 2 amide bonds. The molecular formula is C26H25N3O6S. The van der Waals surface area contributed by atoms with Crippen molar-refractivity contribution in [3.8, 4) is 11.5 Å². The Morgan fingerprint density at radius 1 is 1.03 bits per heavy atom. The second-order valence-corrected chi connectivity index (χ2v) is 8.77. The molecule has 0 radical (unpaired) electrons. The number of nitrogens with zero attached hydrogens (tertiary/aromatic N) is 1. The van der Waals surface area contributed by atoms with Crippen LogP contribution < -0.4 is 20.2 Å². The van der Waals surface area contributed by atoms with Gasteiger partial charge in [0.1, 0.15) is 0 Å². The highest BCUT2D eigenvalue weighted by Gasteiger charge is 2.32. The summed E-state index contributed by atoms with van der Waals surface area (Å²) in [5, 5.41) is 6.01. The zero-order valence-corrected chi connectivity index (χ0v) is 20.8. The molecule has 3 aromatic rings. The highest BCUT2D eigenvalue weighted by Crippen LogP contribution is 2.37. The highest BCUT2D eigenvalue weighted by molar-refractivity contribution is 7.11. The number of thiophene rings is 1. The topological polar surface area (TPSA) is 106 Å². The summed E-state index contributed by atoms with van der Waals surface area (Å²) >= 11 is 1.54. The number of amides is 2. The molecule has 1 aliphatic rings. The maximum atomic E-state index is 13.2. The molecule has 0 spiro atoms. The van der Waals surface area contributed by atoms with E-state index in [2.05, 4.69) is 10.7 Å². The van der Waals surface area contributed by atoms with E-state index in [0.29, 0.717) is 17.2 Å².